The van der Waals surface area contributed by atoms with Crippen molar-refractivity contribution in [3.8, 4) is 0 Å². The molecule has 76 valence electrons. The summed E-state index contributed by atoms with van der Waals surface area (Å²) in [6, 6.07) is 3.78. The van der Waals surface area contributed by atoms with Crippen molar-refractivity contribution in [2.45, 2.75) is 13.5 Å². The molecule has 2 N–H and O–H groups in total. The Morgan fingerprint density at radius 2 is 2.43 bits per heavy atom. The largest absolute Gasteiger partial charge is 0.465 e. The number of carbonyl (C=O) groups excluding carboxylic acids is 1. The molecule has 0 saturated carbocycles. The van der Waals surface area contributed by atoms with E-state index in [1.54, 1.807) is 0 Å². The molecular weight excluding hydrogens is 180 g/mol. The van der Waals surface area contributed by atoms with Gasteiger partial charge in [0.1, 0.15) is 11.5 Å². The third-order valence-corrected chi connectivity index (χ3v) is 2.39. The van der Waals surface area contributed by atoms with Crippen LogP contribution in [-0.4, -0.2) is 19.0 Å². The van der Waals surface area contributed by atoms with Crippen molar-refractivity contribution in [3.05, 3.63) is 23.7 Å². The molecule has 1 aromatic heterocycles. The Hall–Kier alpha value is -1.29. The molecule has 2 heterocycles. The van der Waals surface area contributed by atoms with Crippen molar-refractivity contribution >= 4 is 5.91 Å². The SMILES string of the molecule is Cc1ccc(CNC(=O)C2CNC2)o1. The zero-order valence-corrected chi connectivity index (χ0v) is 8.17. The van der Waals surface area contributed by atoms with Gasteiger partial charge < -0.3 is 15.1 Å². The highest BCUT2D eigenvalue weighted by molar-refractivity contribution is 5.79. The lowest BCUT2D eigenvalue weighted by Crippen LogP contribution is -2.50. The summed E-state index contributed by atoms with van der Waals surface area (Å²) in [6.45, 7) is 3.97. The maximum absolute atomic E-state index is 11.4. The second-order valence-corrected chi connectivity index (χ2v) is 3.59. The van der Waals surface area contributed by atoms with E-state index in [0.717, 1.165) is 24.6 Å². The van der Waals surface area contributed by atoms with Gasteiger partial charge in [0.05, 0.1) is 12.5 Å². The Kier molecular flexibility index (Phi) is 2.54. The van der Waals surface area contributed by atoms with Crippen molar-refractivity contribution in [1.29, 1.82) is 0 Å². The van der Waals surface area contributed by atoms with E-state index in [1.807, 2.05) is 19.1 Å². The van der Waals surface area contributed by atoms with Crippen molar-refractivity contribution < 1.29 is 9.21 Å². The summed E-state index contributed by atoms with van der Waals surface area (Å²) in [5, 5.41) is 5.90. The van der Waals surface area contributed by atoms with Gasteiger partial charge in [-0.3, -0.25) is 4.79 Å². The predicted molar refractivity (Wildman–Crippen MR) is 51.7 cm³/mol. The highest BCUT2D eigenvalue weighted by Crippen LogP contribution is 2.07. The van der Waals surface area contributed by atoms with Gasteiger partial charge >= 0.3 is 0 Å². The van der Waals surface area contributed by atoms with E-state index >= 15 is 0 Å². The van der Waals surface area contributed by atoms with Crippen LogP contribution in [0.5, 0.6) is 0 Å². The Labute approximate surface area is 82.7 Å². The van der Waals surface area contributed by atoms with Crippen LogP contribution in [0.15, 0.2) is 16.5 Å². The fraction of sp³-hybridized carbons (Fsp3) is 0.500. The molecule has 2 rings (SSSR count). The van der Waals surface area contributed by atoms with Gasteiger partial charge in [0, 0.05) is 13.1 Å². The van der Waals surface area contributed by atoms with E-state index in [2.05, 4.69) is 10.6 Å². The molecule has 1 fully saturated rings. The maximum atomic E-state index is 11.4. The molecule has 0 bridgehead atoms. The molecule has 14 heavy (non-hydrogen) atoms. The van der Waals surface area contributed by atoms with Gasteiger partial charge in [-0.2, -0.15) is 0 Å². The number of aryl methyl sites for hydroxylation is 1. The molecule has 4 nitrogen and oxygen atoms in total. The topological polar surface area (TPSA) is 54.3 Å². The Balaban J connectivity index is 1.79. The van der Waals surface area contributed by atoms with Crippen molar-refractivity contribution in [3.63, 3.8) is 0 Å². The van der Waals surface area contributed by atoms with Gasteiger partial charge in [0.15, 0.2) is 0 Å². The Bertz CT molecular complexity index is 329. The fourth-order valence-electron chi connectivity index (χ4n) is 1.37. The van der Waals surface area contributed by atoms with Crippen LogP contribution in [-0.2, 0) is 11.3 Å². The molecule has 0 spiro atoms. The summed E-state index contributed by atoms with van der Waals surface area (Å²) in [4.78, 5) is 11.4. The van der Waals surface area contributed by atoms with E-state index < -0.39 is 0 Å². The number of amides is 1. The number of nitrogens with one attached hydrogen (secondary N) is 2. The quantitative estimate of drug-likeness (QED) is 0.733. The summed E-state index contributed by atoms with van der Waals surface area (Å²) in [5.41, 5.74) is 0. The van der Waals surface area contributed by atoms with Crippen LogP contribution in [0.25, 0.3) is 0 Å². The second kappa shape index (κ2) is 3.84. The van der Waals surface area contributed by atoms with Crippen LogP contribution in [0.1, 0.15) is 11.5 Å². The number of furan rings is 1. The second-order valence-electron chi connectivity index (χ2n) is 3.59. The Morgan fingerprint density at radius 3 is 2.93 bits per heavy atom. The minimum Gasteiger partial charge on any atom is -0.465 e. The first kappa shape index (κ1) is 9.27. The molecule has 1 aromatic rings. The zero-order valence-electron chi connectivity index (χ0n) is 8.17. The average Bonchev–Trinajstić information content (AvgIpc) is 2.45. The molecule has 0 aromatic carbocycles. The summed E-state index contributed by atoms with van der Waals surface area (Å²) < 4.78 is 5.33. The van der Waals surface area contributed by atoms with Gasteiger partial charge in [-0.05, 0) is 19.1 Å². The monoisotopic (exact) mass is 194 g/mol. The first-order valence-electron chi connectivity index (χ1n) is 4.79. The van der Waals surface area contributed by atoms with E-state index in [1.165, 1.54) is 0 Å². The number of hydrogen-bond acceptors (Lipinski definition) is 3. The number of rotatable bonds is 3. The van der Waals surface area contributed by atoms with Crippen molar-refractivity contribution in [2.24, 2.45) is 5.92 Å². The standard InChI is InChI=1S/C10H14N2O2/c1-7-2-3-9(14-7)6-12-10(13)8-4-11-5-8/h2-3,8,11H,4-6H2,1H3,(H,12,13). The van der Waals surface area contributed by atoms with Gasteiger partial charge in [-0.1, -0.05) is 0 Å². The van der Waals surface area contributed by atoms with Gasteiger partial charge in [0.25, 0.3) is 0 Å². The van der Waals surface area contributed by atoms with Crippen LogP contribution >= 0.6 is 0 Å². The van der Waals surface area contributed by atoms with E-state index in [0.29, 0.717) is 6.54 Å². The molecule has 1 aliphatic heterocycles. The highest BCUT2D eigenvalue weighted by Gasteiger charge is 2.24. The number of hydrogen-bond donors (Lipinski definition) is 2. The predicted octanol–water partition coefficient (Wildman–Crippen LogP) is 0.424. The molecule has 0 unspecified atom stereocenters. The van der Waals surface area contributed by atoms with Crippen molar-refractivity contribution in [2.75, 3.05) is 13.1 Å². The van der Waals surface area contributed by atoms with Crippen molar-refractivity contribution in [1.82, 2.24) is 10.6 Å². The lowest BCUT2D eigenvalue weighted by Gasteiger charge is -2.25. The van der Waals surface area contributed by atoms with Gasteiger partial charge in [-0.25, -0.2) is 0 Å². The third-order valence-electron chi connectivity index (χ3n) is 2.39. The molecule has 0 aliphatic carbocycles. The molecular formula is C10H14N2O2. The molecule has 4 heteroatoms. The Morgan fingerprint density at radius 1 is 1.64 bits per heavy atom. The molecule has 0 radical (unpaired) electrons. The van der Waals surface area contributed by atoms with E-state index in [-0.39, 0.29) is 11.8 Å². The molecule has 0 atom stereocenters. The van der Waals surface area contributed by atoms with Crippen LogP contribution in [0, 0.1) is 12.8 Å². The minimum absolute atomic E-state index is 0.109. The minimum atomic E-state index is 0.109. The van der Waals surface area contributed by atoms with Crippen LogP contribution in [0.2, 0.25) is 0 Å². The first-order valence-corrected chi connectivity index (χ1v) is 4.79. The highest BCUT2D eigenvalue weighted by atomic mass is 16.3. The average molecular weight is 194 g/mol. The fourth-order valence-corrected chi connectivity index (χ4v) is 1.37. The van der Waals surface area contributed by atoms with Crippen LogP contribution in [0.3, 0.4) is 0 Å². The summed E-state index contributed by atoms with van der Waals surface area (Å²) in [6.07, 6.45) is 0. The van der Waals surface area contributed by atoms with E-state index in [9.17, 15) is 4.79 Å². The first-order chi connectivity index (χ1) is 6.75. The number of carbonyl (C=O) groups is 1. The molecule has 1 amide bonds. The summed E-state index contributed by atoms with van der Waals surface area (Å²) in [5.74, 6) is 1.94. The van der Waals surface area contributed by atoms with E-state index in [4.69, 9.17) is 4.42 Å². The zero-order chi connectivity index (χ0) is 9.97. The molecule has 1 saturated heterocycles. The van der Waals surface area contributed by atoms with Crippen LogP contribution < -0.4 is 10.6 Å². The lowest BCUT2D eigenvalue weighted by molar-refractivity contribution is -0.126. The van der Waals surface area contributed by atoms with Gasteiger partial charge in [0.2, 0.25) is 5.91 Å². The third kappa shape index (κ3) is 1.96. The summed E-state index contributed by atoms with van der Waals surface area (Å²) >= 11 is 0. The normalized spacial score (nSPS) is 16.4. The molecule has 1 aliphatic rings. The summed E-state index contributed by atoms with van der Waals surface area (Å²) in [7, 11) is 0. The lowest BCUT2D eigenvalue weighted by atomic mass is 10.0. The van der Waals surface area contributed by atoms with Crippen LogP contribution in [0.4, 0.5) is 0 Å². The smallest absolute Gasteiger partial charge is 0.226 e. The maximum Gasteiger partial charge on any atom is 0.226 e. The van der Waals surface area contributed by atoms with Gasteiger partial charge in [-0.15, -0.1) is 0 Å².